The highest BCUT2D eigenvalue weighted by Gasteiger charge is 2.16. The van der Waals surface area contributed by atoms with E-state index in [0.29, 0.717) is 0 Å². The molecule has 14 heavy (non-hydrogen) atoms. The summed E-state index contributed by atoms with van der Waals surface area (Å²) in [5, 5.41) is 11.0. The van der Waals surface area contributed by atoms with Gasteiger partial charge in [0.05, 0.1) is 0 Å². The first kappa shape index (κ1) is 11.1. The number of hydrogen-bond donors (Lipinski definition) is 1. The van der Waals surface area contributed by atoms with Crippen LogP contribution in [0.1, 0.15) is 41.4 Å². The van der Waals surface area contributed by atoms with Crippen LogP contribution in [0.5, 0.6) is 0 Å². The SMILES string of the molecule is CCCC(OC)c1nc(C(=O)O)cs1. The third-order valence-electron chi connectivity index (χ3n) is 1.85. The maximum absolute atomic E-state index is 10.6. The van der Waals surface area contributed by atoms with Gasteiger partial charge in [-0.3, -0.25) is 0 Å². The van der Waals surface area contributed by atoms with Gasteiger partial charge in [0, 0.05) is 12.5 Å². The smallest absolute Gasteiger partial charge is 0.355 e. The molecule has 1 atom stereocenters. The molecule has 0 saturated heterocycles. The minimum absolute atomic E-state index is 0.0712. The van der Waals surface area contributed by atoms with Crippen molar-refractivity contribution in [1.29, 1.82) is 0 Å². The van der Waals surface area contributed by atoms with Crippen molar-refractivity contribution >= 4 is 17.3 Å². The van der Waals surface area contributed by atoms with Crippen LogP contribution in [0.3, 0.4) is 0 Å². The van der Waals surface area contributed by atoms with E-state index in [9.17, 15) is 4.79 Å². The normalized spacial score (nSPS) is 12.7. The first-order valence-corrected chi connectivity index (χ1v) is 5.28. The lowest BCUT2D eigenvalue weighted by Crippen LogP contribution is -2.02. The van der Waals surface area contributed by atoms with E-state index >= 15 is 0 Å². The summed E-state index contributed by atoms with van der Waals surface area (Å²) in [4.78, 5) is 14.6. The Hall–Kier alpha value is -0.940. The molecule has 5 heteroatoms. The van der Waals surface area contributed by atoms with E-state index in [1.54, 1.807) is 12.5 Å². The van der Waals surface area contributed by atoms with Crippen LogP contribution >= 0.6 is 11.3 Å². The second-order valence-corrected chi connectivity index (χ2v) is 3.78. The van der Waals surface area contributed by atoms with E-state index in [1.165, 1.54) is 11.3 Å². The number of carboxylic acid groups (broad SMARTS) is 1. The van der Waals surface area contributed by atoms with Crippen LogP contribution in [-0.4, -0.2) is 23.2 Å². The summed E-state index contributed by atoms with van der Waals surface area (Å²) in [5.74, 6) is -0.987. The monoisotopic (exact) mass is 215 g/mol. The lowest BCUT2D eigenvalue weighted by molar-refractivity contribution is 0.0688. The molecule has 1 rings (SSSR count). The number of aromatic carboxylic acids is 1. The lowest BCUT2D eigenvalue weighted by atomic mass is 10.2. The topological polar surface area (TPSA) is 59.4 Å². The summed E-state index contributed by atoms with van der Waals surface area (Å²) < 4.78 is 5.22. The van der Waals surface area contributed by atoms with Crippen LogP contribution in [0, 0.1) is 0 Å². The maximum atomic E-state index is 10.6. The predicted octanol–water partition coefficient (Wildman–Crippen LogP) is 2.33. The predicted molar refractivity (Wildman–Crippen MR) is 53.7 cm³/mol. The van der Waals surface area contributed by atoms with Gasteiger partial charge >= 0.3 is 5.97 Å². The maximum Gasteiger partial charge on any atom is 0.355 e. The Balaban J connectivity index is 2.78. The van der Waals surface area contributed by atoms with Crippen molar-refractivity contribution < 1.29 is 14.6 Å². The van der Waals surface area contributed by atoms with E-state index < -0.39 is 5.97 Å². The molecule has 0 saturated carbocycles. The Morgan fingerprint density at radius 3 is 2.93 bits per heavy atom. The fourth-order valence-corrected chi connectivity index (χ4v) is 2.04. The number of carboxylic acids is 1. The molecule has 78 valence electrons. The molecular formula is C9H13NO3S. The van der Waals surface area contributed by atoms with Gasteiger partial charge in [0.15, 0.2) is 5.69 Å². The van der Waals surface area contributed by atoms with E-state index in [0.717, 1.165) is 17.8 Å². The zero-order valence-electron chi connectivity index (χ0n) is 8.19. The first-order valence-electron chi connectivity index (χ1n) is 4.40. The zero-order valence-corrected chi connectivity index (χ0v) is 9.00. The van der Waals surface area contributed by atoms with Gasteiger partial charge in [-0.1, -0.05) is 13.3 Å². The lowest BCUT2D eigenvalue weighted by Gasteiger charge is -2.10. The largest absolute Gasteiger partial charge is 0.476 e. The Kier molecular flexibility index (Phi) is 4.03. The first-order chi connectivity index (χ1) is 6.69. The molecule has 1 N–H and O–H groups in total. The molecule has 0 fully saturated rings. The molecule has 1 aromatic heterocycles. The average Bonchev–Trinajstić information content (AvgIpc) is 2.63. The van der Waals surface area contributed by atoms with Gasteiger partial charge < -0.3 is 9.84 Å². The number of nitrogens with zero attached hydrogens (tertiary/aromatic N) is 1. The molecule has 0 aromatic carbocycles. The molecule has 4 nitrogen and oxygen atoms in total. The summed E-state index contributed by atoms with van der Waals surface area (Å²) in [5.41, 5.74) is 0.100. The highest BCUT2D eigenvalue weighted by molar-refractivity contribution is 7.09. The molecule has 1 unspecified atom stereocenters. The van der Waals surface area contributed by atoms with Gasteiger partial charge in [-0.25, -0.2) is 9.78 Å². The summed E-state index contributed by atoms with van der Waals surface area (Å²) >= 11 is 1.33. The Bertz CT molecular complexity index is 311. The van der Waals surface area contributed by atoms with Gasteiger partial charge in [0.2, 0.25) is 0 Å². The van der Waals surface area contributed by atoms with Crippen molar-refractivity contribution in [2.75, 3.05) is 7.11 Å². The van der Waals surface area contributed by atoms with Crippen molar-refractivity contribution in [3.05, 3.63) is 16.1 Å². The van der Waals surface area contributed by atoms with Gasteiger partial charge in [-0.2, -0.15) is 0 Å². The summed E-state index contributed by atoms with van der Waals surface area (Å²) in [6.45, 7) is 2.05. The van der Waals surface area contributed by atoms with Gasteiger partial charge in [0.1, 0.15) is 11.1 Å². The van der Waals surface area contributed by atoms with Crippen LogP contribution in [0.15, 0.2) is 5.38 Å². The number of carbonyl (C=O) groups is 1. The van der Waals surface area contributed by atoms with Crippen molar-refractivity contribution in [3.8, 4) is 0 Å². The van der Waals surface area contributed by atoms with E-state index in [4.69, 9.17) is 9.84 Å². The molecule has 0 aliphatic heterocycles. The molecule has 1 aromatic rings. The van der Waals surface area contributed by atoms with Gasteiger partial charge in [-0.05, 0) is 6.42 Å². The Morgan fingerprint density at radius 1 is 1.79 bits per heavy atom. The second kappa shape index (κ2) is 5.07. The van der Waals surface area contributed by atoms with Crippen LogP contribution in [0.4, 0.5) is 0 Å². The zero-order chi connectivity index (χ0) is 10.6. The summed E-state index contributed by atoms with van der Waals surface area (Å²) in [6, 6.07) is 0. The second-order valence-electron chi connectivity index (χ2n) is 2.89. The van der Waals surface area contributed by atoms with Crippen molar-refractivity contribution in [2.45, 2.75) is 25.9 Å². The molecule has 0 aliphatic carbocycles. The molecule has 0 amide bonds. The molecule has 0 bridgehead atoms. The van der Waals surface area contributed by atoms with Crippen LogP contribution < -0.4 is 0 Å². The average molecular weight is 215 g/mol. The Labute approximate surface area is 86.6 Å². The molecular weight excluding hydrogens is 202 g/mol. The third kappa shape index (κ3) is 2.52. The highest BCUT2D eigenvalue weighted by atomic mass is 32.1. The molecule has 0 spiro atoms. The third-order valence-corrected chi connectivity index (χ3v) is 2.79. The minimum atomic E-state index is -0.987. The fraction of sp³-hybridized carbons (Fsp3) is 0.556. The molecule has 1 heterocycles. The van der Waals surface area contributed by atoms with Crippen molar-refractivity contribution in [3.63, 3.8) is 0 Å². The Morgan fingerprint density at radius 2 is 2.50 bits per heavy atom. The van der Waals surface area contributed by atoms with Gasteiger partial charge in [0.25, 0.3) is 0 Å². The fourth-order valence-electron chi connectivity index (χ4n) is 1.14. The number of hydrogen-bond acceptors (Lipinski definition) is 4. The molecule has 0 radical (unpaired) electrons. The number of aromatic nitrogens is 1. The van der Waals surface area contributed by atoms with E-state index in [1.807, 2.05) is 0 Å². The van der Waals surface area contributed by atoms with E-state index in [-0.39, 0.29) is 11.8 Å². The standard InChI is InChI=1S/C9H13NO3S/c1-3-4-7(13-2)8-10-6(5-14-8)9(11)12/h5,7H,3-4H2,1-2H3,(H,11,12). The highest BCUT2D eigenvalue weighted by Crippen LogP contribution is 2.25. The van der Waals surface area contributed by atoms with Gasteiger partial charge in [-0.15, -0.1) is 11.3 Å². The molecule has 0 aliphatic rings. The van der Waals surface area contributed by atoms with Crippen LogP contribution in [-0.2, 0) is 4.74 Å². The van der Waals surface area contributed by atoms with Crippen LogP contribution in [0.2, 0.25) is 0 Å². The van der Waals surface area contributed by atoms with Crippen molar-refractivity contribution in [2.24, 2.45) is 0 Å². The van der Waals surface area contributed by atoms with Crippen LogP contribution in [0.25, 0.3) is 0 Å². The minimum Gasteiger partial charge on any atom is -0.476 e. The number of rotatable bonds is 5. The quantitative estimate of drug-likeness (QED) is 0.818. The number of methoxy groups -OCH3 is 1. The summed E-state index contributed by atoms with van der Waals surface area (Å²) in [6.07, 6.45) is 1.78. The van der Waals surface area contributed by atoms with E-state index in [2.05, 4.69) is 11.9 Å². The summed E-state index contributed by atoms with van der Waals surface area (Å²) in [7, 11) is 1.61. The van der Waals surface area contributed by atoms with Crippen molar-refractivity contribution in [1.82, 2.24) is 4.98 Å². The number of thiazole rings is 1. The number of ether oxygens (including phenoxy) is 1.